The second-order valence-corrected chi connectivity index (χ2v) is 5.16. The minimum Gasteiger partial charge on any atom is -0.361 e. The summed E-state index contributed by atoms with van der Waals surface area (Å²) < 4.78 is 0. The molecule has 0 bridgehead atoms. The number of hydrogen-bond donors (Lipinski definition) is 2. The number of rotatable bonds is 4. The molecule has 1 saturated heterocycles. The van der Waals surface area contributed by atoms with Crippen LogP contribution in [-0.4, -0.2) is 33.9 Å². The van der Waals surface area contributed by atoms with E-state index in [1.165, 1.54) is 0 Å². The third-order valence-electron chi connectivity index (χ3n) is 3.60. The minimum atomic E-state index is -0.958. The lowest BCUT2D eigenvalue weighted by atomic mass is 10.1. The Bertz CT molecular complexity index is 736. The topological polar surface area (TPSA) is 105 Å². The van der Waals surface area contributed by atoms with Crippen molar-refractivity contribution in [3.05, 3.63) is 36.0 Å². The highest BCUT2D eigenvalue weighted by atomic mass is 16.7. The highest BCUT2D eigenvalue weighted by Crippen LogP contribution is 2.19. The number of imide groups is 1. The number of H-pyrrole nitrogens is 1. The summed E-state index contributed by atoms with van der Waals surface area (Å²) in [6.45, 7) is 0. The predicted molar refractivity (Wildman–Crippen MR) is 77.2 cm³/mol. The van der Waals surface area contributed by atoms with Gasteiger partial charge in [0, 0.05) is 36.4 Å². The average Bonchev–Trinajstić information content (AvgIpc) is 3.06. The van der Waals surface area contributed by atoms with Gasteiger partial charge in [-0.2, -0.15) is 0 Å². The second kappa shape index (κ2) is 5.61. The summed E-state index contributed by atoms with van der Waals surface area (Å²) in [5, 5.41) is 1.48. The number of nitrogens with two attached hydrogens (primary N) is 1. The molecule has 22 heavy (non-hydrogen) atoms. The van der Waals surface area contributed by atoms with E-state index in [4.69, 9.17) is 10.6 Å². The maximum Gasteiger partial charge on any atom is 0.350 e. The van der Waals surface area contributed by atoms with Crippen molar-refractivity contribution in [2.24, 2.45) is 5.73 Å². The number of carbonyl (C=O) groups excluding carboxylic acids is 3. The van der Waals surface area contributed by atoms with Crippen LogP contribution in [0.1, 0.15) is 18.4 Å². The summed E-state index contributed by atoms with van der Waals surface area (Å²) in [4.78, 5) is 42.7. The molecule has 0 spiro atoms. The van der Waals surface area contributed by atoms with Crippen molar-refractivity contribution in [3.63, 3.8) is 0 Å². The molecule has 0 unspecified atom stereocenters. The van der Waals surface area contributed by atoms with E-state index < -0.39 is 23.8 Å². The number of aromatic nitrogens is 1. The van der Waals surface area contributed by atoms with E-state index in [1.807, 2.05) is 24.3 Å². The molecule has 2 aromatic rings. The molecule has 7 nitrogen and oxygen atoms in total. The third-order valence-corrected chi connectivity index (χ3v) is 3.60. The Kier molecular flexibility index (Phi) is 3.64. The van der Waals surface area contributed by atoms with Crippen molar-refractivity contribution in [3.8, 4) is 0 Å². The maximum absolute atomic E-state index is 11.9. The molecule has 2 amide bonds. The predicted octanol–water partition coefficient (Wildman–Crippen LogP) is 0.645. The molecule has 1 aliphatic rings. The summed E-state index contributed by atoms with van der Waals surface area (Å²) in [6.07, 6.45) is 2.15. The Hall–Kier alpha value is -2.67. The highest BCUT2D eigenvalue weighted by molar-refractivity contribution is 6.01. The number of nitrogens with one attached hydrogen (secondary N) is 1. The van der Waals surface area contributed by atoms with Gasteiger partial charge in [-0.15, -0.1) is 5.06 Å². The number of carbonyl (C=O) groups is 3. The molecule has 1 aliphatic heterocycles. The van der Waals surface area contributed by atoms with Crippen molar-refractivity contribution in [2.45, 2.75) is 25.3 Å². The Morgan fingerprint density at radius 2 is 1.95 bits per heavy atom. The Labute approximate surface area is 126 Å². The Balaban J connectivity index is 1.69. The summed E-state index contributed by atoms with van der Waals surface area (Å²) in [7, 11) is 0. The van der Waals surface area contributed by atoms with Crippen molar-refractivity contribution < 1.29 is 19.2 Å². The second-order valence-electron chi connectivity index (χ2n) is 5.16. The summed E-state index contributed by atoms with van der Waals surface area (Å²) >= 11 is 0. The Morgan fingerprint density at radius 1 is 1.27 bits per heavy atom. The molecule has 0 radical (unpaired) electrons. The van der Waals surface area contributed by atoms with Gasteiger partial charge in [-0.1, -0.05) is 18.2 Å². The Morgan fingerprint density at radius 3 is 2.68 bits per heavy atom. The molecule has 0 saturated carbocycles. The van der Waals surface area contributed by atoms with Gasteiger partial charge in [-0.3, -0.25) is 9.59 Å². The van der Waals surface area contributed by atoms with Crippen LogP contribution < -0.4 is 5.73 Å². The van der Waals surface area contributed by atoms with Crippen LogP contribution in [0.15, 0.2) is 30.5 Å². The van der Waals surface area contributed by atoms with Crippen LogP contribution in [0.2, 0.25) is 0 Å². The summed E-state index contributed by atoms with van der Waals surface area (Å²) in [5.74, 6) is -1.83. The molecule has 1 aromatic heterocycles. The average molecular weight is 301 g/mol. The van der Waals surface area contributed by atoms with Gasteiger partial charge in [0.05, 0.1) is 0 Å². The quantitative estimate of drug-likeness (QED) is 0.806. The zero-order chi connectivity index (χ0) is 15.7. The molecule has 1 atom stereocenters. The van der Waals surface area contributed by atoms with E-state index in [2.05, 4.69) is 4.98 Å². The monoisotopic (exact) mass is 301 g/mol. The molecule has 1 aromatic carbocycles. The maximum atomic E-state index is 11.9. The summed E-state index contributed by atoms with van der Waals surface area (Å²) in [6, 6.07) is 6.68. The van der Waals surface area contributed by atoms with Crippen LogP contribution in [0.5, 0.6) is 0 Å². The van der Waals surface area contributed by atoms with Gasteiger partial charge in [0.15, 0.2) is 0 Å². The molecule has 3 N–H and O–H groups in total. The lowest BCUT2D eigenvalue weighted by Gasteiger charge is -2.16. The first-order chi connectivity index (χ1) is 10.6. The van der Waals surface area contributed by atoms with Gasteiger partial charge in [-0.05, 0) is 11.6 Å². The lowest BCUT2D eigenvalue weighted by molar-refractivity contribution is -0.198. The molecule has 2 heterocycles. The van der Waals surface area contributed by atoms with Crippen molar-refractivity contribution in [2.75, 3.05) is 0 Å². The van der Waals surface area contributed by atoms with Crippen LogP contribution in [0, 0.1) is 0 Å². The van der Waals surface area contributed by atoms with E-state index in [-0.39, 0.29) is 19.3 Å². The molecular weight excluding hydrogens is 286 g/mol. The zero-order valence-electron chi connectivity index (χ0n) is 11.7. The van der Waals surface area contributed by atoms with Gasteiger partial charge in [0.25, 0.3) is 11.8 Å². The number of fused-ring (bicyclic) bond motifs is 1. The van der Waals surface area contributed by atoms with Gasteiger partial charge in [-0.25, -0.2) is 4.79 Å². The van der Waals surface area contributed by atoms with E-state index in [1.54, 1.807) is 6.20 Å². The van der Waals surface area contributed by atoms with Crippen molar-refractivity contribution in [1.82, 2.24) is 10.0 Å². The van der Waals surface area contributed by atoms with Crippen molar-refractivity contribution >= 4 is 28.7 Å². The van der Waals surface area contributed by atoms with Gasteiger partial charge in [0.2, 0.25) is 0 Å². The molecule has 114 valence electrons. The first kappa shape index (κ1) is 14.3. The van der Waals surface area contributed by atoms with Crippen LogP contribution in [0.3, 0.4) is 0 Å². The number of hydroxylamine groups is 2. The van der Waals surface area contributed by atoms with Crippen LogP contribution in [0.4, 0.5) is 0 Å². The number of nitrogens with zero attached hydrogens (tertiary/aromatic N) is 1. The minimum absolute atomic E-state index is 0.0593. The number of amides is 2. The lowest BCUT2D eigenvalue weighted by Crippen LogP contribution is -2.41. The molecule has 1 fully saturated rings. The standard InChI is InChI=1S/C15H15N3O4/c16-11(15(21)22-18-13(19)5-6-14(18)20)7-9-8-17-12-4-2-1-3-10(9)12/h1-4,8,11,17H,5-7,16H2/t11-/m0/s1. The van der Waals surface area contributed by atoms with Gasteiger partial charge >= 0.3 is 5.97 Å². The fourth-order valence-electron chi connectivity index (χ4n) is 2.44. The largest absolute Gasteiger partial charge is 0.361 e. The molecule has 3 rings (SSSR count). The van der Waals surface area contributed by atoms with E-state index in [0.717, 1.165) is 16.5 Å². The van der Waals surface area contributed by atoms with Crippen LogP contribution in [0.25, 0.3) is 10.9 Å². The van der Waals surface area contributed by atoms with E-state index in [0.29, 0.717) is 5.06 Å². The van der Waals surface area contributed by atoms with Gasteiger partial charge in [0.1, 0.15) is 6.04 Å². The van der Waals surface area contributed by atoms with Crippen LogP contribution in [-0.2, 0) is 25.6 Å². The fraction of sp³-hybridized carbons (Fsp3) is 0.267. The highest BCUT2D eigenvalue weighted by Gasteiger charge is 2.34. The molecule has 0 aliphatic carbocycles. The SMILES string of the molecule is N[C@@H](Cc1c[nH]c2ccccc12)C(=O)ON1C(=O)CCC1=O. The first-order valence-electron chi connectivity index (χ1n) is 6.94. The number of benzene rings is 1. The van der Waals surface area contributed by atoms with Crippen LogP contribution >= 0.6 is 0 Å². The third kappa shape index (κ3) is 2.58. The molecule has 7 heteroatoms. The van der Waals surface area contributed by atoms with Crippen molar-refractivity contribution in [1.29, 1.82) is 0 Å². The number of hydrogen-bond acceptors (Lipinski definition) is 5. The number of para-hydroxylation sites is 1. The van der Waals surface area contributed by atoms with E-state index >= 15 is 0 Å². The summed E-state index contributed by atoms with van der Waals surface area (Å²) in [5.41, 5.74) is 7.65. The first-order valence-corrected chi connectivity index (χ1v) is 6.94. The normalized spacial score (nSPS) is 16.3. The number of aromatic amines is 1. The smallest absolute Gasteiger partial charge is 0.350 e. The van der Waals surface area contributed by atoms with Gasteiger partial charge < -0.3 is 15.6 Å². The van der Waals surface area contributed by atoms with E-state index in [9.17, 15) is 14.4 Å². The fourth-order valence-corrected chi connectivity index (χ4v) is 2.44. The zero-order valence-corrected chi connectivity index (χ0v) is 11.7. The molecular formula is C15H15N3O4.